The summed E-state index contributed by atoms with van der Waals surface area (Å²) >= 11 is 0. The summed E-state index contributed by atoms with van der Waals surface area (Å²) in [7, 11) is 0. The maximum absolute atomic E-state index is 5.69. The molecule has 0 atom stereocenters. The Hall–Kier alpha value is -1.81. The molecule has 4 nitrogen and oxygen atoms in total. The van der Waals surface area contributed by atoms with Crippen LogP contribution < -0.4 is 10.6 Å². The number of fused-ring (bicyclic) bond motifs is 1. The van der Waals surface area contributed by atoms with Crippen molar-refractivity contribution in [3.63, 3.8) is 0 Å². The number of nitrogens with two attached hydrogens (primary N) is 1. The first-order valence-electron chi connectivity index (χ1n) is 5.91. The van der Waals surface area contributed by atoms with Gasteiger partial charge in [-0.2, -0.15) is 0 Å². The van der Waals surface area contributed by atoms with E-state index < -0.39 is 0 Å². The number of aromatic amines is 1. The first-order valence-corrected chi connectivity index (χ1v) is 5.91. The van der Waals surface area contributed by atoms with Gasteiger partial charge in [-0.15, -0.1) is 0 Å². The highest BCUT2D eigenvalue weighted by Crippen LogP contribution is 2.29. The van der Waals surface area contributed by atoms with Crippen LogP contribution in [0, 0.1) is 0 Å². The number of imidazole rings is 1. The third kappa shape index (κ3) is 1.91. The van der Waals surface area contributed by atoms with Gasteiger partial charge in [-0.25, -0.2) is 4.98 Å². The van der Waals surface area contributed by atoms with Crippen molar-refractivity contribution in [2.75, 3.05) is 11.4 Å². The van der Waals surface area contributed by atoms with Gasteiger partial charge in [0.05, 0.1) is 18.6 Å². The largest absolute Gasteiger partial charge is 0.365 e. The number of H-pyrrole nitrogens is 1. The van der Waals surface area contributed by atoms with Crippen LogP contribution >= 0.6 is 0 Å². The molecule has 0 radical (unpaired) electrons. The van der Waals surface area contributed by atoms with Gasteiger partial charge in [0.15, 0.2) is 0 Å². The fourth-order valence-corrected chi connectivity index (χ4v) is 2.36. The first-order chi connectivity index (χ1) is 8.36. The van der Waals surface area contributed by atoms with E-state index in [0.717, 1.165) is 25.2 Å². The maximum Gasteiger partial charge on any atom is 0.0922 e. The van der Waals surface area contributed by atoms with Gasteiger partial charge in [-0.05, 0) is 23.6 Å². The Morgan fingerprint density at radius 3 is 3.12 bits per heavy atom. The van der Waals surface area contributed by atoms with Crippen LogP contribution in [-0.4, -0.2) is 16.5 Å². The lowest BCUT2D eigenvalue weighted by atomic mass is 10.1. The average molecular weight is 228 g/mol. The molecular weight excluding hydrogens is 212 g/mol. The van der Waals surface area contributed by atoms with Crippen molar-refractivity contribution < 1.29 is 0 Å². The third-order valence-corrected chi connectivity index (χ3v) is 3.29. The zero-order chi connectivity index (χ0) is 11.7. The lowest BCUT2D eigenvalue weighted by Gasteiger charge is -2.18. The molecule has 0 saturated heterocycles. The van der Waals surface area contributed by atoms with Gasteiger partial charge in [-0.3, -0.25) is 0 Å². The van der Waals surface area contributed by atoms with Gasteiger partial charge in [0.2, 0.25) is 0 Å². The third-order valence-electron chi connectivity index (χ3n) is 3.29. The summed E-state index contributed by atoms with van der Waals surface area (Å²) in [6.07, 6.45) is 4.72. The molecule has 0 spiro atoms. The maximum atomic E-state index is 5.69. The highest BCUT2D eigenvalue weighted by atomic mass is 15.2. The number of anilines is 1. The normalized spacial score (nSPS) is 14.1. The number of hydrogen-bond donors (Lipinski definition) is 2. The SMILES string of the molecule is NCc1ccc2c(c1)N(Cc1cnc[nH]1)CC2. The number of nitrogens with one attached hydrogen (secondary N) is 1. The Bertz CT molecular complexity index is 504. The molecule has 4 heteroatoms. The summed E-state index contributed by atoms with van der Waals surface area (Å²) in [5, 5.41) is 0. The molecule has 1 aliphatic heterocycles. The number of hydrogen-bond acceptors (Lipinski definition) is 3. The molecule has 3 rings (SSSR count). The van der Waals surface area contributed by atoms with E-state index in [-0.39, 0.29) is 0 Å². The van der Waals surface area contributed by atoms with E-state index >= 15 is 0 Å². The lowest BCUT2D eigenvalue weighted by Crippen LogP contribution is -2.20. The standard InChI is InChI=1S/C13H16N4/c14-6-10-1-2-11-3-4-17(13(11)5-10)8-12-7-15-9-16-12/h1-2,5,7,9H,3-4,6,8,14H2,(H,15,16). The molecule has 0 bridgehead atoms. The minimum atomic E-state index is 0.602. The van der Waals surface area contributed by atoms with Crippen LogP contribution in [0.15, 0.2) is 30.7 Å². The Morgan fingerprint density at radius 2 is 2.35 bits per heavy atom. The minimum Gasteiger partial charge on any atom is -0.365 e. The summed E-state index contributed by atoms with van der Waals surface area (Å²) in [4.78, 5) is 9.57. The van der Waals surface area contributed by atoms with Crippen molar-refractivity contribution in [1.82, 2.24) is 9.97 Å². The fourth-order valence-electron chi connectivity index (χ4n) is 2.36. The highest BCUT2D eigenvalue weighted by molar-refractivity contribution is 5.59. The Kier molecular flexibility index (Phi) is 2.57. The number of benzene rings is 1. The van der Waals surface area contributed by atoms with Gasteiger partial charge in [0, 0.05) is 25.0 Å². The van der Waals surface area contributed by atoms with Crippen molar-refractivity contribution >= 4 is 5.69 Å². The van der Waals surface area contributed by atoms with Crippen molar-refractivity contribution in [2.24, 2.45) is 5.73 Å². The Morgan fingerprint density at radius 1 is 1.41 bits per heavy atom. The zero-order valence-electron chi connectivity index (χ0n) is 9.69. The lowest BCUT2D eigenvalue weighted by molar-refractivity contribution is 0.819. The molecule has 17 heavy (non-hydrogen) atoms. The second-order valence-corrected chi connectivity index (χ2v) is 4.42. The smallest absolute Gasteiger partial charge is 0.0922 e. The quantitative estimate of drug-likeness (QED) is 0.835. The average Bonchev–Trinajstić information content (AvgIpc) is 2.99. The minimum absolute atomic E-state index is 0.602. The molecule has 0 amide bonds. The molecule has 2 heterocycles. The monoisotopic (exact) mass is 228 g/mol. The summed E-state index contributed by atoms with van der Waals surface area (Å²) < 4.78 is 0. The van der Waals surface area contributed by atoms with Crippen molar-refractivity contribution in [3.8, 4) is 0 Å². The molecule has 2 aromatic rings. The molecule has 3 N–H and O–H groups in total. The van der Waals surface area contributed by atoms with Crippen LogP contribution in [0.5, 0.6) is 0 Å². The van der Waals surface area contributed by atoms with Crippen LogP contribution in [0.25, 0.3) is 0 Å². The van der Waals surface area contributed by atoms with Crippen molar-refractivity contribution in [2.45, 2.75) is 19.5 Å². The van der Waals surface area contributed by atoms with Crippen molar-refractivity contribution in [1.29, 1.82) is 0 Å². The van der Waals surface area contributed by atoms with Crippen LogP contribution in [-0.2, 0) is 19.5 Å². The van der Waals surface area contributed by atoms with E-state index in [2.05, 4.69) is 33.1 Å². The summed E-state index contributed by atoms with van der Waals surface area (Å²) in [6.45, 7) is 2.56. The van der Waals surface area contributed by atoms with Gasteiger partial charge in [0.25, 0.3) is 0 Å². The highest BCUT2D eigenvalue weighted by Gasteiger charge is 2.19. The van der Waals surface area contributed by atoms with Crippen molar-refractivity contribution in [3.05, 3.63) is 47.5 Å². The number of rotatable bonds is 3. The second kappa shape index (κ2) is 4.22. The molecule has 1 aliphatic rings. The second-order valence-electron chi connectivity index (χ2n) is 4.42. The molecule has 88 valence electrons. The molecular formula is C13H16N4. The summed E-state index contributed by atoms with van der Waals surface area (Å²) in [5.41, 5.74) is 10.8. The van der Waals surface area contributed by atoms with E-state index in [1.807, 2.05) is 6.20 Å². The van der Waals surface area contributed by atoms with E-state index in [1.54, 1.807) is 6.33 Å². The van der Waals surface area contributed by atoms with Gasteiger partial charge in [0.1, 0.15) is 0 Å². The molecule has 0 fully saturated rings. The summed E-state index contributed by atoms with van der Waals surface area (Å²) in [6, 6.07) is 6.53. The van der Waals surface area contributed by atoms with Gasteiger partial charge >= 0.3 is 0 Å². The first kappa shape index (κ1) is 10.4. The summed E-state index contributed by atoms with van der Waals surface area (Å²) in [5.74, 6) is 0. The van der Waals surface area contributed by atoms with Crippen LogP contribution in [0.3, 0.4) is 0 Å². The predicted molar refractivity (Wildman–Crippen MR) is 67.7 cm³/mol. The van der Waals surface area contributed by atoms with E-state index in [0.29, 0.717) is 6.54 Å². The molecule has 0 aliphatic carbocycles. The fraction of sp³-hybridized carbons (Fsp3) is 0.308. The predicted octanol–water partition coefficient (Wildman–Crippen LogP) is 1.43. The molecule has 1 aromatic heterocycles. The van der Waals surface area contributed by atoms with E-state index in [4.69, 9.17) is 5.73 Å². The van der Waals surface area contributed by atoms with Crippen LogP contribution in [0.4, 0.5) is 5.69 Å². The zero-order valence-corrected chi connectivity index (χ0v) is 9.69. The van der Waals surface area contributed by atoms with Crippen LogP contribution in [0.1, 0.15) is 16.8 Å². The number of aromatic nitrogens is 2. The van der Waals surface area contributed by atoms with E-state index in [9.17, 15) is 0 Å². The van der Waals surface area contributed by atoms with Crippen LogP contribution in [0.2, 0.25) is 0 Å². The number of nitrogens with zero attached hydrogens (tertiary/aromatic N) is 2. The Balaban J connectivity index is 1.87. The van der Waals surface area contributed by atoms with E-state index in [1.165, 1.54) is 16.8 Å². The van der Waals surface area contributed by atoms with Gasteiger partial charge < -0.3 is 15.6 Å². The molecule has 0 unspecified atom stereocenters. The molecule has 1 aromatic carbocycles. The molecule has 0 saturated carbocycles. The topological polar surface area (TPSA) is 57.9 Å². The Labute approximate surface area is 100 Å². The van der Waals surface area contributed by atoms with Gasteiger partial charge in [-0.1, -0.05) is 12.1 Å².